The first kappa shape index (κ1) is 22.5. The minimum Gasteiger partial charge on any atom is -0.497 e. The van der Waals surface area contributed by atoms with E-state index in [1.807, 2.05) is 43.0 Å². The van der Waals surface area contributed by atoms with Crippen LogP contribution in [0.3, 0.4) is 0 Å². The molecule has 0 saturated carbocycles. The lowest BCUT2D eigenvalue weighted by molar-refractivity contribution is -0.116. The highest BCUT2D eigenvalue weighted by molar-refractivity contribution is 5.95. The maximum absolute atomic E-state index is 13.0. The fourth-order valence-electron chi connectivity index (χ4n) is 3.62. The van der Waals surface area contributed by atoms with Crippen molar-refractivity contribution in [3.05, 3.63) is 48.0 Å². The summed E-state index contributed by atoms with van der Waals surface area (Å²) in [6.07, 6.45) is 0.511. The standard InChI is InChI=1S/C24H31N3O4/c1-17(2)13-23(28)25-19-5-7-20(8-6-19)26-9-11-27(12-10-26)24(29)18-14-21(30-3)16-22(15-18)31-4/h5-8,14-17H,9-13H2,1-4H3,(H,25,28). The van der Waals surface area contributed by atoms with Crippen molar-refractivity contribution in [1.29, 1.82) is 0 Å². The Morgan fingerprint density at radius 1 is 0.935 bits per heavy atom. The lowest BCUT2D eigenvalue weighted by Crippen LogP contribution is -2.48. The summed E-state index contributed by atoms with van der Waals surface area (Å²) in [4.78, 5) is 29.0. The van der Waals surface area contributed by atoms with Crippen molar-refractivity contribution in [3.63, 3.8) is 0 Å². The molecule has 0 atom stereocenters. The van der Waals surface area contributed by atoms with Gasteiger partial charge in [-0.15, -0.1) is 0 Å². The highest BCUT2D eigenvalue weighted by Gasteiger charge is 2.23. The van der Waals surface area contributed by atoms with Crippen LogP contribution in [-0.2, 0) is 4.79 Å². The highest BCUT2D eigenvalue weighted by atomic mass is 16.5. The van der Waals surface area contributed by atoms with Crippen molar-refractivity contribution in [2.45, 2.75) is 20.3 Å². The van der Waals surface area contributed by atoms with Crippen molar-refractivity contribution in [1.82, 2.24) is 4.90 Å². The lowest BCUT2D eigenvalue weighted by atomic mass is 10.1. The van der Waals surface area contributed by atoms with Gasteiger partial charge in [0.1, 0.15) is 11.5 Å². The predicted molar refractivity (Wildman–Crippen MR) is 122 cm³/mol. The largest absolute Gasteiger partial charge is 0.497 e. The zero-order valence-corrected chi connectivity index (χ0v) is 18.7. The number of amides is 2. The lowest BCUT2D eigenvalue weighted by Gasteiger charge is -2.36. The number of benzene rings is 2. The average molecular weight is 426 g/mol. The molecule has 2 aromatic rings. The van der Waals surface area contributed by atoms with Crippen molar-refractivity contribution in [2.75, 3.05) is 50.6 Å². The van der Waals surface area contributed by atoms with E-state index in [0.717, 1.165) is 24.5 Å². The Labute approximate surface area is 183 Å². The molecule has 7 nitrogen and oxygen atoms in total. The topological polar surface area (TPSA) is 71.1 Å². The molecule has 2 aromatic carbocycles. The molecule has 0 aromatic heterocycles. The molecule has 1 aliphatic rings. The maximum atomic E-state index is 13.0. The molecule has 1 N–H and O–H groups in total. The first-order valence-electron chi connectivity index (χ1n) is 10.6. The van der Waals surface area contributed by atoms with Crippen LogP contribution in [0.15, 0.2) is 42.5 Å². The van der Waals surface area contributed by atoms with Gasteiger partial charge in [0.05, 0.1) is 14.2 Å². The van der Waals surface area contributed by atoms with Gasteiger partial charge in [0.2, 0.25) is 5.91 Å². The third kappa shape index (κ3) is 5.90. The molecular weight excluding hydrogens is 394 g/mol. The molecule has 7 heteroatoms. The summed E-state index contributed by atoms with van der Waals surface area (Å²) in [7, 11) is 3.14. The summed E-state index contributed by atoms with van der Waals surface area (Å²) in [5, 5.41) is 2.93. The third-order valence-corrected chi connectivity index (χ3v) is 5.28. The number of piperazine rings is 1. The van der Waals surface area contributed by atoms with Gasteiger partial charge in [0.15, 0.2) is 0 Å². The SMILES string of the molecule is COc1cc(OC)cc(C(=O)N2CCN(c3ccc(NC(=O)CC(C)C)cc3)CC2)c1. The molecule has 31 heavy (non-hydrogen) atoms. The van der Waals surface area contributed by atoms with Gasteiger partial charge >= 0.3 is 0 Å². The first-order chi connectivity index (χ1) is 14.9. The van der Waals surface area contributed by atoms with Crippen LogP contribution in [0.4, 0.5) is 11.4 Å². The third-order valence-electron chi connectivity index (χ3n) is 5.28. The van der Waals surface area contributed by atoms with Gasteiger partial charge in [-0.05, 0) is 42.3 Å². The fourth-order valence-corrected chi connectivity index (χ4v) is 3.62. The van der Waals surface area contributed by atoms with E-state index < -0.39 is 0 Å². The van der Waals surface area contributed by atoms with E-state index in [1.165, 1.54) is 0 Å². The molecule has 1 heterocycles. The van der Waals surface area contributed by atoms with Gasteiger partial charge in [0, 0.05) is 55.6 Å². The number of hydrogen-bond acceptors (Lipinski definition) is 5. The number of hydrogen-bond donors (Lipinski definition) is 1. The monoisotopic (exact) mass is 425 g/mol. The Balaban J connectivity index is 1.58. The molecule has 0 unspecified atom stereocenters. The number of nitrogens with one attached hydrogen (secondary N) is 1. The average Bonchev–Trinajstić information content (AvgIpc) is 2.78. The Morgan fingerprint density at radius 3 is 2.03 bits per heavy atom. The Morgan fingerprint density at radius 2 is 1.52 bits per heavy atom. The second-order valence-corrected chi connectivity index (χ2v) is 8.07. The number of rotatable bonds is 7. The molecule has 0 aliphatic carbocycles. The minimum absolute atomic E-state index is 0.0277. The second kappa shape index (κ2) is 10.2. The summed E-state index contributed by atoms with van der Waals surface area (Å²) in [6.45, 7) is 6.80. The Kier molecular flexibility index (Phi) is 7.39. The summed E-state index contributed by atoms with van der Waals surface area (Å²) in [6, 6.07) is 13.1. The van der Waals surface area contributed by atoms with E-state index in [0.29, 0.717) is 42.5 Å². The van der Waals surface area contributed by atoms with Crippen LogP contribution in [-0.4, -0.2) is 57.1 Å². The van der Waals surface area contributed by atoms with Crippen molar-refractivity contribution in [3.8, 4) is 11.5 Å². The van der Waals surface area contributed by atoms with Gasteiger partial charge in [-0.25, -0.2) is 0 Å². The molecule has 1 saturated heterocycles. The number of anilines is 2. The number of carbonyl (C=O) groups excluding carboxylic acids is 2. The quantitative estimate of drug-likeness (QED) is 0.733. The molecule has 0 radical (unpaired) electrons. The smallest absolute Gasteiger partial charge is 0.254 e. The van der Waals surface area contributed by atoms with Crippen molar-refractivity contribution < 1.29 is 19.1 Å². The molecular formula is C24H31N3O4. The van der Waals surface area contributed by atoms with E-state index in [4.69, 9.17) is 9.47 Å². The van der Waals surface area contributed by atoms with Crippen LogP contribution in [0.25, 0.3) is 0 Å². The van der Waals surface area contributed by atoms with Gasteiger partial charge in [-0.1, -0.05) is 13.8 Å². The molecule has 1 fully saturated rings. The number of nitrogens with zero attached hydrogens (tertiary/aromatic N) is 2. The molecule has 0 spiro atoms. The predicted octanol–water partition coefficient (Wildman–Crippen LogP) is 3.65. The van der Waals surface area contributed by atoms with E-state index >= 15 is 0 Å². The first-order valence-corrected chi connectivity index (χ1v) is 10.6. The van der Waals surface area contributed by atoms with Crippen molar-refractivity contribution >= 4 is 23.2 Å². The molecule has 3 rings (SSSR count). The van der Waals surface area contributed by atoms with E-state index in [2.05, 4.69) is 10.2 Å². The maximum Gasteiger partial charge on any atom is 0.254 e. The number of methoxy groups -OCH3 is 2. The Bertz CT molecular complexity index is 881. The van der Waals surface area contributed by atoms with E-state index in [9.17, 15) is 9.59 Å². The molecule has 2 amide bonds. The van der Waals surface area contributed by atoms with Gasteiger partial charge in [-0.2, -0.15) is 0 Å². The molecule has 0 bridgehead atoms. The van der Waals surface area contributed by atoms with E-state index in [1.54, 1.807) is 32.4 Å². The van der Waals surface area contributed by atoms with Crippen LogP contribution in [0.2, 0.25) is 0 Å². The summed E-state index contributed by atoms with van der Waals surface area (Å²) < 4.78 is 10.6. The second-order valence-electron chi connectivity index (χ2n) is 8.07. The minimum atomic E-state index is -0.0277. The van der Waals surface area contributed by atoms with Crippen LogP contribution < -0.4 is 19.7 Å². The summed E-state index contributed by atoms with van der Waals surface area (Å²) in [5.74, 6) is 1.53. The van der Waals surface area contributed by atoms with Gasteiger partial charge < -0.3 is 24.6 Å². The Hall–Kier alpha value is -3.22. The molecule has 166 valence electrons. The van der Waals surface area contributed by atoms with Crippen molar-refractivity contribution in [2.24, 2.45) is 5.92 Å². The van der Waals surface area contributed by atoms with Crippen LogP contribution in [0.5, 0.6) is 11.5 Å². The normalized spacial score (nSPS) is 13.8. The number of ether oxygens (including phenoxy) is 2. The zero-order chi connectivity index (χ0) is 22.4. The van der Waals surface area contributed by atoms with Gasteiger partial charge in [-0.3, -0.25) is 9.59 Å². The van der Waals surface area contributed by atoms with Crippen LogP contribution >= 0.6 is 0 Å². The van der Waals surface area contributed by atoms with E-state index in [-0.39, 0.29) is 11.8 Å². The zero-order valence-electron chi connectivity index (χ0n) is 18.7. The van der Waals surface area contributed by atoms with Gasteiger partial charge in [0.25, 0.3) is 5.91 Å². The summed E-state index contributed by atoms with van der Waals surface area (Å²) in [5.41, 5.74) is 2.44. The van der Waals surface area contributed by atoms with Crippen LogP contribution in [0.1, 0.15) is 30.6 Å². The summed E-state index contributed by atoms with van der Waals surface area (Å²) >= 11 is 0. The fraction of sp³-hybridized carbons (Fsp3) is 0.417. The highest BCUT2D eigenvalue weighted by Crippen LogP contribution is 2.25. The van der Waals surface area contributed by atoms with Crippen LogP contribution in [0, 0.1) is 5.92 Å². The number of carbonyl (C=O) groups is 2. The molecule has 1 aliphatic heterocycles.